The van der Waals surface area contributed by atoms with Crippen molar-refractivity contribution >= 4 is 5.69 Å². The quantitative estimate of drug-likeness (QED) is 0.765. The van der Waals surface area contributed by atoms with E-state index in [1.807, 2.05) is 0 Å². The van der Waals surface area contributed by atoms with E-state index in [1.165, 1.54) is 49.9 Å². The summed E-state index contributed by atoms with van der Waals surface area (Å²) in [5.41, 5.74) is 2.96. The molecule has 1 N–H and O–H groups in total. The first-order chi connectivity index (χ1) is 9.79. The Hall–Kier alpha value is -1.02. The fraction of sp³-hybridized carbons (Fsp3) is 0.667. The topological polar surface area (TPSA) is 15.3 Å². The molecule has 0 radical (unpaired) electrons. The molecule has 2 saturated carbocycles. The number of hydrogen-bond acceptors (Lipinski definition) is 2. The Morgan fingerprint density at radius 1 is 1.20 bits per heavy atom. The van der Waals surface area contributed by atoms with Gasteiger partial charge in [-0.15, -0.1) is 0 Å². The molecule has 1 aromatic rings. The van der Waals surface area contributed by atoms with E-state index >= 15 is 0 Å². The van der Waals surface area contributed by atoms with Crippen LogP contribution in [0.25, 0.3) is 0 Å². The van der Waals surface area contributed by atoms with Gasteiger partial charge in [0.1, 0.15) is 0 Å². The van der Waals surface area contributed by atoms with Gasteiger partial charge in [-0.05, 0) is 63.1 Å². The fourth-order valence-electron chi connectivity index (χ4n) is 2.99. The third-order valence-electron chi connectivity index (χ3n) is 4.55. The second-order valence-electron chi connectivity index (χ2n) is 6.56. The van der Waals surface area contributed by atoms with Crippen molar-refractivity contribution in [2.75, 3.05) is 18.0 Å². The van der Waals surface area contributed by atoms with Crippen molar-refractivity contribution in [3.63, 3.8) is 0 Å². The minimum absolute atomic E-state index is 0.451. The highest BCUT2D eigenvalue weighted by Crippen LogP contribution is 2.39. The van der Waals surface area contributed by atoms with E-state index in [4.69, 9.17) is 0 Å². The molecule has 1 unspecified atom stereocenters. The summed E-state index contributed by atoms with van der Waals surface area (Å²) in [7, 11) is 0. The van der Waals surface area contributed by atoms with Gasteiger partial charge in [0.2, 0.25) is 0 Å². The maximum absolute atomic E-state index is 3.65. The molecule has 110 valence electrons. The molecule has 0 heterocycles. The van der Waals surface area contributed by atoms with Crippen molar-refractivity contribution in [1.82, 2.24) is 5.32 Å². The first kappa shape index (κ1) is 13.9. The molecule has 20 heavy (non-hydrogen) atoms. The van der Waals surface area contributed by atoms with Crippen molar-refractivity contribution in [2.24, 2.45) is 5.92 Å². The van der Waals surface area contributed by atoms with E-state index < -0.39 is 0 Å². The van der Waals surface area contributed by atoms with E-state index in [0.717, 1.165) is 18.5 Å². The predicted molar refractivity (Wildman–Crippen MR) is 86.2 cm³/mol. The van der Waals surface area contributed by atoms with Gasteiger partial charge in [0.25, 0.3) is 0 Å². The lowest BCUT2D eigenvalue weighted by Gasteiger charge is -2.29. The molecule has 3 rings (SSSR count). The summed E-state index contributed by atoms with van der Waals surface area (Å²) in [5, 5.41) is 3.65. The smallest absolute Gasteiger partial charge is 0.0417 e. The van der Waals surface area contributed by atoms with Crippen LogP contribution in [0.1, 0.15) is 57.6 Å². The zero-order valence-corrected chi connectivity index (χ0v) is 12.9. The molecule has 0 saturated heterocycles. The van der Waals surface area contributed by atoms with Gasteiger partial charge in [-0.25, -0.2) is 0 Å². The highest BCUT2D eigenvalue weighted by molar-refractivity contribution is 5.56. The molecule has 0 bridgehead atoms. The van der Waals surface area contributed by atoms with Gasteiger partial charge in [-0.2, -0.15) is 0 Å². The van der Waals surface area contributed by atoms with Gasteiger partial charge in [-0.3, -0.25) is 0 Å². The molecule has 0 amide bonds. The molecule has 2 fully saturated rings. The minimum atomic E-state index is 0.451. The molecule has 0 aromatic heterocycles. The maximum Gasteiger partial charge on any atom is 0.0417 e. The Morgan fingerprint density at radius 2 is 1.95 bits per heavy atom. The molecule has 2 heteroatoms. The molecule has 2 aliphatic rings. The molecule has 1 aromatic carbocycles. The van der Waals surface area contributed by atoms with Gasteiger partial charge < -0.3 is 10.2 Å². The number of hydrogen-bond donors (Lipinski definition) is 1. The lowest BCUT2D eigenvalue weighted by atomic mass is 10.0. The van der Waals surface area contributed by atoms with Crippen LogP contribution in [-0.2, 0) is 0 Å². The van der Waals surface area contributed by atoms with Crippen molar-refractivity contribution in [3.05, 3.63) is 29.8 Å². The van der Waals surface area contributed by atoms with Crippen LogP contribution in [0, 0.1) is 5.92 Å². The SMILES string of the molecule is CCCNC(C)c1ccccc1N(CC1CC1)C1CC1. The molecule has 2 nitrogen and oxygen atoms in total. The highest BCUT2D eigenvalue weighted by Gasteiger charge is 2.34. The van der Waals surface area contributed by atoms with Crippen LogP contribution in [0.3, 0.4) is 0 Å². The predicted octanol–water partition coefficient (Wildman–Crippen LogP) is 4.13. The lowest BCUT2D eigenvalue weighted by molar-refractivity contribution is 0.567. The number of nitrogens with one attached hydrogen (secondary N) is 1. The monoisotopic (exact) mass is 272 g/mol. The van der Waals surface area contributed by atoms with Crippen molar-refractivity contribution in [1.29, 1.82) is 0 Å². The van der Waals surface area contributed by atoms with E-state index in [0.29, 0.717) is 6.04 Å². The van der Waals surface area contributed by atoms with E-state index in [9.17, 15) is 0 Å². The largest absolute Gasteiger partial charge is 0.368 e. The van der Waals surface area contributed by atoms with Crippen LogP contribution in [-0.4, -0.2) is 19.1 Å². The van der Waals surface area contributed by atoms with Crippen LogP contribution < -0.4 is 10.2 Å². The maximum atomic E-state index is 3.65. The number of rotatable bonds is 8. The first-order valence-corrected chi connectivity index (χ1v) is 8.38. The van der Waals surface area contributed by atoms with Crippen LogP contribution in [0.15, 0.2) is 24.3 Å². The third kappa shape index (κ3) is 3.35. The Morgan fingerprint density at radius 3 is 2.60 bits per heavy atom. The average molecular weight is 272 g/mol. The van der Waals surface area contributed by atoms with Gasteiger partial charge in [-0.1, -0.05) is 25.1 Å². The van der Waals surface area contributed by atoms with Gasteiger partial charge >= 0.3 is 0 Å². The molecular formula is C18H28N2. The molecule has 0 spiro atoms. The normalized spacial score (nSPS) is 19.9. The number of nitrogens with zero attached hydrogens (tertiary/aromatic N) is 1. The standard InChI is InChI=1S/C18H28N2/c1-3-12-19-14(2)17-6-4-5-7-18(17)20(16-10-11-16)13-15-8-9-15/h4-7,14-16,19H,3,8-13H2,1-2H3. The summed E-state index contributed by atoms with van der Waals surface area (Å²) in [5.74, 6) is 0.961. The number of para-hydroxylation sites is 1. The van der Waals surface area contributed by atoms with Crippen molar-refractivity contribution in [3.8, 4) is 0 Å². The van der Waals surface area contributed by atoms with Crippen molar-refractivity contribution in [2.45, 2.75) is 58.0 Å². The molecule has 2 aliphatic carbocycles. The Balaban J connectivity index is 1.79. The summed E-state index contributed by atoms with van der Waals surface area (Å²) in [6, 6.07) is 10.3. The fourth-order valence-corrected chi connectivity index (χ4v) is 2.99. The number of benzene rings is 1. The molecule has 1 atom stereocenters. The lowest BCUT2D eigenvalue weighted by Crippen LogP contribution is -2.30. The summed E-state index contributed by atoms with van der Waals surface area (Å²) in [4.78, 5) is 2.71. The molecule has 0 aliphatic heterocycles. The van der Waals surface area contributed by atoms with Crippen LogP contribution in [0.4, 0.5) is 5.69 Å². The zero-order chi connectivity index (χ0) is 13.9. The van der Waals surface area contributed by atoms with Crippen LogP contribution in [0.5, 0.6) is 0 Å². The summed E-state index contributed by atoms with van der Waals surface area (Å²) >= 11 is 0. The van der Waals surface area contributed by atoms with Crippen LogP contribution in [0.2, 0.25) is 0 Å². The Bertz CT molecular complexity index is 435. The second kappa shape index (κ2) is 6.17. The Kier molecular flexibility index (Phi) is 4.30. The van der Waals surface area contributed by atoms with E-state index in [1.54, 1.807) is 0 Å². The van der Waals surface area contributed by atoms with Gasteiger partial charge in [0.15, 0.2) is 0 Å². The van der Waals surface area contributed by atoms with E-state index in [-0.39, 0.29) is 0 Å². The first-order valence-electron chi connectivity index (χ1n) is 8.38. The second-order valence-corrected chi connectivity index (χ2v) is 6.56. The summed E-state index contributed by atoms with van der Waals surface area (Å²) < 4.78 is 0. The Labute approximate surface area is 123 Å². The third-order valence-corrected chi connectivity index (χ3v) is 4.55. The average Bonchev–Trinajstić information content (AvgIpc) is 3.35. The highest BCUT2D eigenvalue weighted by atomic mass is 15.2. The van der Waals surface area contributed by atoms with Gasteiger partial charge in [0.05, 0.1) is 0 Å². The van der Waals surface area contributed by atoms with Gasteiger partial charge in [0, 0.05) is 24.3 Å². The number of anilines is 1. The van der Waals surface area contributed by atoms with E-state index in [2.05, 4.69) is 48.3 Å². The zero-order valence-electron chi connectivity index (χ0n) is 12.9. The van der Waals surface area contributed by atoms with Crippen LogP contribution >= 0.6 is 0 Å². The molecular weight excluding hydrogens is 244 g/mol. The van der Waals surface area contributed by atoms with Crippen molar-refractivity contribution < 1.29 is 0 Å². The minimum Gasteiger partial charge on any atom is -0.368 e. The summed E-state index contributed by atoms with van der Waals surface area (Å²) in [6.45, 7) is 6.91. The summed E-state index contributed by atoms with van der Waals surface area (Å²) in [6.07, 6.45) is 6.85.